The summed E-state index contributed by atoms with van der Waals surface area (Å²) in [6.45, 7) is 12.1. The summed E-state index contributed by atoms with van der Waals surface area (Å²) >= 11 is 0. The van der Waals surface area contributed by atoms with Crippen LogP contribution in [0.1, 0.15) is 63.4 Å². The van der Waals surface area contributed by atoms with E-state index in [1.807, 2.05) is 13.8 Å². The van der Waals surface area contributed by atoms with Crippen LogP contribution in [0.25, 0.3) is 0 Å². The second kappa shape index (κ2) is 17.4. The van der Waals surface area contributed by atoms with Crippen LogP contribution < -0.4 is 38.1 Å². The minimum absolute atomic E-state index is 0.0399. The number of carbonyl (C=O) groups is 6. The van der Waals surface area contributed by atoms with Crippen molar-refractivity contribution in [2.75, 3.05) is 18.4 Å². The molecule has 0 saturated heterocycles. The van der Waals surface area contributed by atoms with E-state index >= 15 is 0 Å². The van der Waals surface area contributed by atoms with Crippen LogP contribution >= 0.6 is 0 Å². The molecule has 1 rings (SSSR count). The molecule has 0 fully saturated rings. The van der Waals surface area contributed by atoms with Crippen molar-refractivity contribution in [3.63, 3.8) is 0 Å². The van der Waals surface area contributed by atoms with Gasteiger partial charge in [0.1, 0.15) is 18.7 Å². The average Bonchev–Trinajstić information content (AvgIpc) is 2.90. The van der Waals surface area contributed by atoms with Crippen molar-refractivity contribution in [2.45, 2.75) is 72.2 Å². The molecule has 2 atom stereocenters. The lowest BCUT2D eigenvalue weighted by Crippen LogP contribution is -2.53. The Morgan fingerprint density at radius 1 is 0.976 bits per heavy atom. The quantitative estimate of drug-likeness (QED) is 0.0764. The highest BCUT2D eigenvalue weighted by atomic mass is 16.5. The van der Waals surface area contributed by atoms with Crippen molar-refractivity contribution in [1.82, 2.24) is 21.3 Å². The van der Waals surface area contributed by atoms with Crippen molar-refractivity contribution in [3.05, 3.63) is 41.5 Å². The van der Waals surface area contributed by atoms with Crippen molar-refractivity contribution in [1.29, 1.82) is 0 Å². The molecule has 0 aliphatic rings. The first kappa shape index (κ1) is 35.6. The highest BCUT2D eigenvalue weighted by Crippen LogP contribution is 2.19. The molecule has 0 unspecified atom stereocenters. The van der Waals surface area contributed by atoms with Crippen LogP contribution in [0.2, 0.25) is 0 Å². The summed E-state index contributed by atoms with van der Waals surface area (Å²) in [5.74, 6) is -3.35. The van der Waals surface area contributed by atoms with Gasteiger partial charge in [-0.05, 0) is 45.7 Å². The van der Waals surface area contributed by atoms with Crippen LogP contribution in [0.3, 0.4) is 0 Å². The first-order valence-electron chi connectivity index (χ1n) is 13.5. The van der Waals surface area contributed by atoms with Gasteiger partial charge in [-0.1, -0.05) is 32.1 Å². The zero-order valence-corrected chi connectivity index (χ0v) is 24.8. The maximum Gasteiger partial charge on any atom is 0.312 e. The SMILES string of the molecule is C=C(C)[C@@H](NC(C)C)C(=O)N[C@@H](CCCNC(N)=O)C(=O)Nc1ccc(COC(=O)C(C)C)c(C(=O)NCC(N)=O)c1. The number of hydrogen-bond acceptors (Lipinski definition) is 8. The van der Waals surface area contributed by atoms with Crippen molar-refractivity contribution in [2.24, 2.45) is 17.4 Å². The van der Waals surface area contributed by atoms with Crippen LogP contribution in [0.4, 0.5) is 10.5 Å². The van der Waals surface area contributed by atoms with Gasteiger partial charge in [-0.25, -0.2) is 4.79 Å². The third kappa shape index (κ3) is 12.8. The van der Waals surface area contributed by atoms with Gasteiger partial charge in [-0.15, -0.1) is 0 Å². The zero-order chi connectivity index (χ0) is 32.0. The maximum atomic E-state index is 13.4. The molecule has 0 spiro atoms. The van der Waals surface area contributed by atoms with Crippen LogP contribution in [-0.2, 0) is 30.5 Å². The third-order valence-electron chi connectivity index (χ3n) is 5.74. The molecule has 14 nitrogen and oxygen atoms in total. The van der Waals surface area contributed by atoms with Gasteiger partial charge in [-0.3, -0.25) is 24.0 Å². The molecule has 232 valence electrons. The number of ether oxygens (including phenoxy) is 1. The topological polar surface area (TPSA) is 224 Å². The molecule has 0 aliphatic heterocycles. The van der Waals surface area contributed by atoms with Gasteiger partial charge in [0.25, 0.3) is 5.91 Å². The van der Waals surface area contributed by atoms with Crippen LogP contribution in [0.5, 0.6) is 0 Å². The van der Waals surface area contributed by atoms with E-state index in [0.29, 0.717) is 17.6 Å². The van der Waals surface area contributed by atoms with Crippen LogP contribution in [0.15, 0.2) is 30.4 Å². The Morgan fingerprint density at radius 2 is 1.64 bits per heavy atom. The van der Waals surface area contributed by atoms with Gasteiger partial charge in [-0.2, -0.15) is 0 Å². The molecular formula is C28H43N7O7. The molecular weight excluding hydrogens is 546 g/mol. The number of hydrogen-bond donors (Lipinski definition) is 7. The van der Waals surface area contributed by atoms with Crippen molar-refractivity contribution < 1.29 is 33.5 Å². The normalized spacial score (nSPS) is 12.2. The van der Waals surface area contributed by atoms with E-state index in [1.165, 1.54) is 18.2 Å². The summed E-state index contributed by atoms with van der Waals surface area (Å²) in [5, 5.41) is 13.3. The number of esters is 1. The minimum atomic E-state index is -1.03. The number of nitrogens with one attached hydrogen (secondary N) is 5. The molecule has 0 aliphatic carbocycles. The summed E-state index contributed by atoms with van der Waals surface area (Å²) in [7, 11) is 0. The number of nitrogens with two attached hydrogens (primary N) is 2. The zero-order valence-electron chi connectivity index (χ0n) is 24.8. The lowest BCUT2D eigenvalue weighted by molar-refractivity contribution is -0.148. The Hall–Kier alpha value is -4.46. The smallest absolute Gasteiger partial charge is 0.312 e. The summed E-state index contributed by atoms with van der Waals surface area (Å²) in [6.07, 6.45) is 0.467. The fourth-order valence-electron chi connectivity index (χ4n) is 3.62. The van der Waals surface area contributed by atoms with E-state index in [9.17, 15) is 28.8 Å². The highest BCUT2D eigenvalue weighted by molar-refractivity contribution is 6.01. The van der Waals surface area contributed by atoms with E-state index in [4.69, 9.17) is 16.2 Å². The van der Waals surface area contributed by atoms with Crippen molar-refractivity contribution >= 4 is 41.3 Å². The van der Waals surface area contributed by atoms with Gasteiger partial charge in [0.2, 0.25) is 17.7 Å². The highest BCUT2D eigenvalue weighted by Gasteiger charge is 2.27. The number of benzene rings is 1. The van der Waals surface area contributed by atoms with Gasteiger partial charge in [0, 0.05) is 29.4 Å². The fourth-order valence-corrected chi connectivity index (χ4v) is 3.62. The molecule has 1 aromatic rings. The monoisotopic (exact) mass is 589 g/mol. The molecule has 14 heteroatoms. The molecule has 9 N–H and O–H groups in total. The van der Waals surface area contributed by atoms with Crippen LogP contribution in [-0.4, -0.2) is 66.8 Å². The number of primary amides is 2. The Kier molecular flexibility index (Phi) is 14.7. The molecule has 0 saturated carbocycles. The molecule has 0 bridgehead atoms. The Labute approximate surface area is 245 Å². The van der Waals surface area contributed by atoms with E-state index in [0.717, 1.165) is 0 Å². The van der Waals surface area contributed by atoms with Gasteiger partial charge < -0.3 is 42.8 Å². The predicted octanol–water partition coefficient (Wildman–Crippen LogP) is 0.415. The van der Waals surface area contributed by atoms with E-state index in [1.54, 1.807) is 20.8 Å². The van der Waals surface area contributed by atoms with Gasteiger partial charge >= 0.3 is 12.0 Å². The van der Waals surface area contributed by atoms with Crippen molar-refractivity contribution in [3.8, 4) is 0 Å². The standard InChI is InChI=1S/C28H43N7O7/c1-15(2)23(33-17(5)6)26(39)35-21(8-7-11-31-28(30)41)25(38)34-19-10-9-18(14-42-27(40)16(3)4)20(12-19)24(37)32-13-22(29)36/h9-10,12,16-17,21,23,33H,1,7-8,11,13-14H2,2-6H3,(H2,29,36)(H,32,37)(H,34,38)(H,35,39)(H3,30,31,41)/t21-,23+/m0/s1. The number of rotatable bonds is 17. The summed E-state index contributed by atoms with van der Waals surface area (Å²) < 4.78 is 5.25. The number of carbonyl (C=O) groups excluding carboxylic acids is 6. The summed E-state index contributed by atoms with van der Waals surface area (Å²) in [5.41, 5.74) is 11.4. The second-order valence-electron chi connectivity index (χ2n) is 10.4. The fraction of sp³-hybridized carbons (Fsp3) is 0.500. The minimum Gasteiger partial charge on any atom is -0.461 e. The largest absolute Gasteiger partial charge is 0.461 e. The maximum absolute atomic E-state index is 13.4. The molecule has 0 aromatic heterocycles. The Balaban J connectivity index is 3.25. The van der Waals surface area contributed by atoms with E-state index in [-0.39, 0.29) is 42.8 Å². The first-order chi connectivity index (χ1) is 19.6. The number of amides is 6. The average molecular weight is 590 g/mol. The first-order valence-corrected chi connectivity index (χ1v) is 13.5. The lowest BCUT2D eigenvalue weighted by Gasteiger charge is -2.25. The number of urea groups is 1. The molecule has 1 aromatic carbocycles. The Morgan fingerprint density at radius 3 is 2.19 bits per heavy atom. The summed E-state index contributed by atoms with van der Waals surface area (Å²) in [4.78, 5) is 73.5. The second-order valence-corrected chi connectivity index (χ2v) is 10.4. The molecule has 0 heterocycles. The van der Waals surface area contributed by atoms with Gasteiger partial charge in [0.15, 0.2) is 0 Å². The lowest BCUT2D eigenvalue weighted by atomic mass is 10.0. The van der Waals surface area contributed by atoms with E-state index < -0.39 is 54.3 Å². The predicted molar refractivity (Wildman–Crippen MR) is 157 cm³/mol. The van der Waals surface area contributed by atoms with Gasteiger partial charge in [0.05, 0.1) is 12.5 Å². The third-order valence-corrected chi connectivity index (χ3v) is 5.74. The van der Waals surface area contributed by atoms with E-state index in [2.05, 4.69) is 33.2 Å². The molecule has 42 heavy (non-hydrogen) atoms. The van der Waals surface area contributed by atoms with Crippen LogP contribution in [0, 0.1) is 5.92 Å². The Bertz CT molecular complexity index is 1170. The number of anilines is 1. The molecule has 6 amide bonds. The summed E-state index contributed by atoms with van der Waals surface area (Å²) in [6, 6.07) is 1.82. The molecule has 0 radical (unpaired) electrons.